The normalized spacial score (nSPS) is 26.2. The smallest absolute Gasteiger partial charge is 0.221 e. The third-order valence-electron chi connectivity index (χ3n) is 6.55. The number of hydrogen-bond acceptors (Lipinski definition) is 5. The maximum atomic E-state index is 11.2. The fraction of sp³-hybridized carbons (Fsp3) is 0.545. The Kier molecular flexibility index (Phi) is 5.36. The third kappa shape index (κ3) is 3.77. The molecule has 2 saturated heterocycles. The zero-order valence-corrected chi connectivity index (χ0v) is 16.8. The van der Waals surface area contributed by atoms with Gasteiger partial charge in [0.15, 0.2) is 0 Å². The van der Waals surface area contributed by atoms with Crippen molar-refractivity contribution in [3.8, 4) is 0 Å². The Morgan fingerprint density at radius 2 is 2.14 bits per heavy atom. The first-order valence-electron chi connectivity index (χ1n) is 10.2. The molecule has 0 unspecified atom stereocenters. The highest BCUT2D eigenvalue weighted by molar-refractivity contribution is 5.92. The first-order valence-corrected chi connectivity index (χ1v) is 10.2. The number of hydrogen-bond donors (Lipinski definition) is 2. The van der Waals surface area contributed by atoms with Crippen LogP contribution in [0, 0.1) is 5.41 Å². The topological polar surface area (TPSA) is 68.7 Å². The molecular weight excluding hydrogens is 352 g/mol. The molecule has 1 aromatic heterocycles. The van der Waals surface area contributed by atoms with Gasteiger partial charge in [0.1, 0.15) is 0 Å². The molecule has 2 atom stereocenters. The number of pyridine rings is 1. The standard InChI is InChI=1S/C22H30N4O2/c1-16(28)23-18-6-7-20-17(12-18)4-5-19(24-20)13-26-11-9-22(15-27)8-3-10-25(2)21(22)14-26/h4-7,12,21,27H,3,8-11,13-15H2,1-2H3,(H,23,28)/t21-,22-/m1/s1. The number of aliphatic hydroxyl groups excluding tert-OH is 1. The van der Waals surface area contributed by atoms with Gasteiger partial charge in [-0.2, -0.15) is 0 Å². The highest BCUT2D eigenvalue weighted by Crippen LogP contribution is 2.41. The molecule has 150 valence electrons. The first kappa shape index (κ1) is 19.3. The van der Waals surface area contributed by atoms with E-state index in [-0.39, 0.29) is 11.3 Å². The highest BCUT2D eigenvalue weighted by atomic mass is 16.3. The zero-order valence-electron chi connectivity index (χ0n) is 16.8. The Balaban J connectivity index is 1.48. The number of nitrogens with one attached hydrogen (secondary N) is 1. The molecule has 0 radical (unpaired) electrons. The van der Waals surface area contributed by atoms with Crippen molar-refractivity contribution in [3.63, 3.8) is 0 Å². The van der Waals surface area contributed by atoms with Crippen molar-refractivity contribution in [1.82, 2.24) is 14.8 Å². The molecule has 1 aromatic carbocycles. The van der Waals surface area contributed by atoms with Gasteiger partial charge in [-0.25, -0.2) is 0 Å². The summed E-state index contributed by atoms with van der Waals surface area (Å²) in [4.78, 5) is 21.0. The molecule has 4 rings (SSSR count). The number of anilines is 1. The van der Waals surface area contributed by atoms with Crippen LogP contribution in [0.1, 0.15) is 31.9 Å². The van der Waals surface area contributed by atoms with Crippen molar-refractivity contribution >= 4 is 22.5 Å². The van der Waals surface area contributed by atoms with Crippen LogP contribution in [-0.2, 0) is 11.3 Å². The molecule has 2 aliphatic rings. The summed E-state index contributed by atoms with van der Waals surface area (Å²) in [5, 5.41) is 13.9. The predicted octanol–water partition coefficient (Wildman–Crippen LogP) is 2.47. The Morgan fingerprint density at radius 1 is 1.29 bits per heavy atom. The summed E-state index contributed by atoms with van der Waals surface area (Å²) in [5.74, 6) is -0.0688. The van der Waals surface area contributed by atoms with Gasteiger partial charge < -0.3 is 15.3 Å². The monoisotopic (exact) mass is 382 g/mol. The molecule has 6 heteroatoms. The van der Waals surface area contributed by atoms with E-state index < -0.39 is 0 Å². The maximum absolute atomic E-state index is 11.2. The van der Waals surface area contributed by atoms with Crippen molar-refractivity contribution in [2.45, 2.75) is 38.8 Å². The maximum Gasteiger partial charge on any atom is 0.221 e. The Hall–Kier alpha value is -2.02. The van der Waals surface area contributed by atoms with Gasteiger partial charge in [-0.3, -0.25) is 14.7 Å². The zero-order chi connectivity index (χ0) is 19.7. The molecule has 0 spiro atoms. The van der Waals surface area contributed by atoms with Crippen LogP contribution in [0.15, 0.2) is 30.3 Å². The van der Waals surface area contributed by atoms with Gasteiger partial charge in [-0.15, -0.1) is 0 Å². The van der Waals surface area contributed by atoms with Crippen LogP contribution in [-0.4, -0.2) is 65.1 Å². The van der Waals surface area contributed by atoms with Crippen molar-refractivity contribution in [2.24, 2.45) is 5.41 Å². The highest BCUT2D eigenvalue weighted by Gasteiger charge is 2.46. The van der Waals surface area contributed by atoms with Gasteiger partial charge in [0.2, 0.25) is 5.91 Å². The fourth-order valence-corrected chi connectivity index (χ4v) is 4.98. The number of aromatic nitrogens is 1. The molecule has 0 aliphatic carbocycles. The number of carbonyl (C=O) groups excluding carboxylic acids is 1. The number of nitrogens with zero attached hydrogens (tertiary/aromatic N) is 3. The van der Waals surface area contributed by atoms with Crippen molar-refractivity contribution in [3.05, 3.63) is 36.0 Å². The molecule has 1 amide bonds. The summed E-state index contributed by atoms with van der Waals surface area (Å²) in [6.07, 6.45) is 3.36. The lowest BCUT2D eigenvalue weighted by molar-refractivity contribution is -0.114. The van der Waals surface area contributed by atoms with E-state index in [1.54, 1.807) is 0 Å². The van der Waals surface area contributed by atoms with Gasteiger partial charge in [0.25, 0.3) is 0 Å². The minimum atomic E-state index is -0.0688. The summed E-state index contributed by atoms with van der Waals surface area (Å²) in [7, 11) is 2.19. The largest absolute Gasteiger partial charge is 0.396 e. The molecule has 6 nitrogen and oxygen atoms in total. The lowest BCUT2D eigenvalue weighted by Crippen LogP contribution is -2.61. The van der Waals surface area contributed by atoms with E-state index in [1.165, 1.54) is 13.3 Å². The molecule has 3 heterocycles. The number of benzene rings is 1. The van der Waals surface area contributed by atoms with E-state index in [2.05, 4.69) is 34.3 Å². The van der Waals surface area contributed by atoms with Crippen LogP contribution in [0.4, 0.5) is 5.69 Å². The van der Waals surface area contributed by atoms with Crippen LogP contribution in [0.2, 0.25) is 0 Å². The summed E-state index contributed by atoms with van der Waals surface area (Å²) in [6, 6.07) is 10.4. The van der Waals surface area contributed by atoms with Crippen molar-refractivity contribution < 1.29 is 9.90 Å². The fourth-order valence-electron chi connectivity index (χ4n) is 4.98. The number of carbonyl (C=O) groups is 1. The summed E-state index contributed by atoms with van der Waals surface area (Å²) >= 11 is 0. The van der Waals surface area contributed by atoms with Gasteiger partial charge in [-0.1, -0.05) is 6.07 Å². The average Bonchev–Trinajstić information content (AvgIpc) is 2.68. The van der Waals surface area contributed by atoms with Crippen LogP contribution < -0.4 is 5.32 Å². The van der Waals surface area contributed by atoms with Crippen molar-refractivity contribution in [1.29, 1.82) is 0 Å². The van der Waals surface area contributed by atoms with E-state index in [0.29, 0.717) is 12.6 Å². The van der Waals surface area contributed by atoms with Gasteiger partial charge >= 0.3 is 0 Å². The summed E-state index contributed by atoms with van der Waals surface area (Å²) in [5.41, 5.74) is 2.88. The van der Waals surface area contributed by atoms with Crippen LogP contribution >= 0.6 is 0 Å². The molecule has 2 N–H and O–H groups in total. The third-order valence-corrected chi connectivity index (χ3v) is 6.55. The van der Waals surface area contributed by atoms with Gasteiger partial charge in [0.05, 0.1) is 17.8 Å². The van der Waals surface area contributed by atoms with Crippen LogP contribution in [0.3, 0.4) is 0 Å². The minimum Gasteiger partial charge on any atom is -0.396 e. The number of aliphatic hydroxyl groups is 1. The number of rotatable bonds is 4. The SMILES string of the molecule is CC(=O)Nc1ccc2nc(CN3CC[C@@]4(CO)CCCN(C)[C@@H]4C3)ccc2c1. The lowest BCUT2D eigenvalue weighted by atomic mass is 9.69. The minimum absolute atomic E-state index is 0.0688. The molecule has 2 aliphatic heterocycles. The van der Waals surface area contributed by atoms with Crippen molar-refractivity contribution in [2.75, 3.05) is 38.6 Å². The number of piperidine rings is 2. The number of likely N-dealkylation sites (tertiary alicyclic amines) is 2. The molecule has 2 aromatic rings. The average molecular weight is 383 g/mol. The van der Waals surface area contributed by atoms with Gasteiger partial charge in [0, 0.05) is 42.5 Å². The van der Waals surface area contributed by atoms with Gasteiger partial charge in [-0.05, 0) is 63.7 Å². The van der Waals surface area contributed by atoms with E-state index in [9.17, 15) is 9.90 Å². The number of amides is 1. The summed E-state index contributed by atoms with van der Waals surface area (Å²) in [6.45, 7) is 5.74. The van der Waals surface area contributed by atoms with E-state index in [1.807, 2.05) is 18.2 Å². The van der Waals surface area contributed by atoms with E-state index in [4.69, 9.17) is 4.98 Å². The number of likely N-dealkylation sites (N-methyl/N-ethyl adjacent to an activating group) is 1. The molecule has 0 saturated carbocycles. The Bertz CT molecular complexity index is 871. The Labute approximate surface area is 166 Å². The molecule has 0 bridgehead atoms. The second kappa shape index (κ2) is 7.78. The second-order valence-electron chi connectivity index (χ2n) is 8.50. The predicted molar refractivity (Wildman–Crippen MR) is 111 cm³/mol. The first-order chi connectivity index (χ1) is 13.5. The summed E-state index contributed by atoms with van der Waals surface area (Å²) < 4.78 is 0. The van der Waals surface area contributed by atoms with Crippen LogP contribution in [0.25, 0.3) is 10.9 Å². The van der Waals surface area contributed by atoms with Crippen LogP contribution in [0.5, 0.6) is 0 Å². The lowest BCUT2D eigenvalue weighted by Gasteiger charge is -2.53. The number of fused-ring (bicyclic) bond motifs is 2. The van der Waals surface area contributed by atoms with E-state index >= 15 is 0 Å². The quantitative estimate of drug-likeness (QED) is 0.850. The molecular formula is C22H30N4O2. The Morgan fingerprint density at radius 3 is 2.93 bits per heavy atom. The molecule has 2 fully saturated rings. The van der Waals surface area contributed by atoms with E-state index in [0.717, 1.165) is 61.3 Å². The molecule has 28 heavy (non-hydrogen) atoms. The second-order valence-corrected chi connectivity index (χ2v) is 8.50.